The Morgan fingerprint density at radius 1 is 1.14 bits per heavy atom. The molecule has 2 aromatic heterocycles. The number of nitrogens with two attached hydrogens (primary N) is 1. The van der Waals surface area contributed by atoms with Crippen molar-refractivity contribution in [2.24, 2.45) is 5.16 Å². The highest BCUT2D eigenvalue weighted by atomic mass is 32.2. The number of carboxylic acids is 2. The summed E-state index contributed by atoms with van der Waals surface area (Å²) >= 11 is 2.01. The Labute approximate surface area is 324 Å². The molecule has 2 saturated heterocycles. The summed E-state index contributed by atoms with van der Waals surface area (Å²) in [5.74, 6) is -6.69. The Balaban J connectivity index is 1.20. The number of oxime groups is 1. The van der Waals surface area contributed by atoms with E-state index >= 15 is 4.39 Å². The van der Waals surface area contributed by atoms with Crippen LogP contribution < -0.4 is 21.4 Å². The smallest absolute Gasteiger partial charge is 0.352 e. The van der Waals surface area contributed by atoms with Gasteiger partial charge in [0, 0.05) is 54.5 Å². The summed E-state index contributed by atoms with van der Waals surface area (Å²) in [6, 6.07) is 1.20. The van der Waals surface area contributed by atoms with E-state index in [1.807, 2.05) is 11.9 Å². The molecule has 0 saturated carbocycles. The number of thiazole rings is 1. The van der Waals surface area contributed by atoms with Gasteiger partial charge in [-0.1, -0.05) is 5.16 Å². The first kappa shape index (κ1) is 40.1. The minimum atomic E-state index is -1.85. The Bertz CT molecular complexity index is 2250. The van der Waals surface area contributed by atoms with Crippen LogP contribution in [0.25, 0.3) is 10.9 Å². The zero-order valence-corrected chi connectivity index (χ0v) is 31.7. The lowest BCUT2D eigenvalue weighted by atomic mass is 10.0. The van der Waals surface area contributed by atoms with E-state index in [0.717, 1.165) is 40.3 Å². The molecular formula is C34H36F2N8O10S2. The van der Waals surface area contributed by atoms with Crippen molar-refractivity contribution in [1.29, 1.82) is 0 Å². The Morgan fingerprint density at radius 2 is 1.86 bits per heavy atom. The number of hydrogen-bond acceptors (Lipinski definition) is 15. The third kappa shape index (κ3) is 7.75. The van der Waals surface area contributed by atoms with Gasteiger partial charge in [0.05, 0.1) is 17.7 Å². The number of alkyl halides is 1. The first-order valence-corrected chi connectivity index (χ1v) is 18.9. The summed E-state index contributed by atoms with van der Waals surface area (Å²) in [6.07, 6.45) is 1.12. The van der Waals surface area contributed by atoms with Crippen molar-refractivity contribution < 1.29 is 52.5 Å². The molecule has 0 radical (unpaired) electrons. The number of carboxylic acid groups (broad SMARTS) is 2. The summed E-state index contributed by atoms with van der Waals surface area (Å²) in [5, 5.41) is 26.0. The number of aromatic nitrogens is 2. The van der Waals surface area contributed by atoms with E-state index in [2.05, 4.69) is 20.4 Å². The van der Waals surface area contributed by atoms with Crippen LogP contribution in [-0.4, -0.2) is 134 Å². The number of benzene rings is 1. The minimum absolute atomic E-state index is 0.00228. The van der Waals surface area contributed by atoms with Gasteiger partial charge in [-0.05, 0) is 33.0 Å². The highest BCUT2D eigenvalue weighted by molar-refractivity contribution is 8.00. The number of aryl methyl sites for hydroxylation is 1. The Hall–Kier alpha value is -5.61. The number of carbonyl (C=O) groups excluding carboxylic acids is 3. The second-order valence-corrected chi connectivity index (χ2v) is 15.5. The molecule has 0 aliphatic carbocycles. The quantitative estimate of drug-likeness (QED) is 0.0817. The lowest BCUT2D eigenvalue weighted by Gasteiger charge is -2.49. The normalized spacial score (nSPS) is 19.1. The topological polar surface area (TPSA) is 239 Å². The van der Waals surface area contributed by atoms with Gasteiger partial charge in [0.15, 0.2) is 10.8 Å². The largest absolute Gasteiger partial charge is 0.478 e. The first-order chi connectivity index (χ1) is 26.5. The SMILES string of the molecule is CN1CCN(c2cc3c(cc2F)c(=O)c(C(=O)OCC2=C(C(=O)O)N4C(=O)[C@@H](NC(=O)/C(=N\OC(C)(C)C(=O)O)c5csc(N)n5)[C@H]4SC2)cn3CCF)CC1. The number of anilines is 2. The van der Waals surface area contributed by atoms with Crippen LogP contribution >= 0.6 is 23.1 Å². The number of nitrogens with zero attached hydrogens (tertiary/aromatic N) is 6. The van der Waals surface area contributed by atoms with Crippen LogP contribution in [0.4, 0.5) is 19.6 Å². The van der Waals surface area contributed by atoms with Crippen LogP contribution in [0.1, 0.15) is 29.9 Å². The van der Waals surface area contributed by atoms with Gasteiger partial charge in [-0.15, -0.1) is 23.1 Å². The second kappa shape index (κ2) is 15.9. The van der Waals surface area contributed by atoms with Crippen molar-refractivity contribution in [3.05, 3.63) is 62.3 Å². The first-order valence-electron chi connectivity index (χ1n) is 17.0. The number of pyridine rings is 1. The van der Waals surface area contributed by atoms with Gasteiger partial charge in [0.2, 0.25) is 11.0 Å². The number of ether oxygens (including phenoxy) is 1. The van der Waals surface area contributed by atoms with Gasteiger partial charge in [0.1, 0.15) is 47.5 Å². The fraction of sp³-hybridized carbons (Fsp3) is 0.412. The van der Waals surface area contributed by atoms with Gasteiger partial charge in [-0.2, -0.15) is 0 Å². The highest BCUT2D eigenvalue weighted by Gasteiger charge is 2.54. The van der Waals surface area contributed by atoms with Crippen LogP contribution in [0.3, 0.4) is 0 Å². The molecule has 2 amide bonds. The molecule has 56 heavy (non-hydrogen) atoms. The molecule has 298 valence electrons. The van der Waals surface area contributed by atoms with Gasteiger partial charge >= 0.3 is 17.9 Å². The van der Waals surface area contributed by atoms with Crippen LogP contribution in [0, 0.1) is 5.82 Å². The second-order valence-electron chi connectivity index (χ2n) is 13.5. The third-order valence-corrected chi connectivity index (χ3v) is 11.3. The molecule has 0 unspecified atom stereocenters. The number of β-lactam (4-membered cyclic amide) rings is 1. The zero-order chi connectivity index (χ0) is 40.6. The number of rotatable bonds is 13. The molecule has 0 spiro atoms. The number of likely N-dealkylation sites (N-methyl/N-ethyl adjacent to an activating group) is 1. The van der Waals surface area contributed by atoms with Crippen molar-refractivity contribution in [3.8, 4) is 0 Å². The van der Waals surface area contributed by atoms with Crippen LogP contribution in [0.5, 0.6) is 0 Å². The number of halogens is 2. The van der Waals surface area contributed by atoms with Crippen LogP contribution in [0.15, 0.2) is 44.9 Å². The molecule has 18 nitrogen and oxygen atoms in total. The summed E-state index contributed by atoms with van der Waals surface area (Å²) in [4.78, 5) is 91.5. The van der Waals surface area contributed by atoms with Gasteiger partial charge in [0.25, 0.3) is 11.8 Å². The number of aliphatic carboxylic acids is 2. The molecule has 5 heterocycles. The van der Waals surface area contributed by atoms with Crippen molar-refractivity contribution in [2.75, 3.05) is 62.9 Å². The van der Waals surface area contributed by atoms with E-state index in [1.54, 1.807) is 0 Å². The number of nitrogens with one attached hydrogen (secondary N) is 1. The summed E-state index contributed by atoms with van der Waals surface area (Å²) < 4.78 is 35.8. The average Bonchev–Trinajstić information content (AvgIpc) is 3.59. The third-order valence-electron chi connectivity index (χ3n) is 9.31. The predicted molar refractivity (Wildman–Crippen MR) is 200 cm³/mol. The fourth-order valence-corrected chi connectivity index (χ4v) is 8.02. The summed E-state index contributed by atoms with van der Waals surface area (Å²) in [5.41, 5.74) is 1.85. The molecule has 6 rings (SSSR count). The molecular weight excluding hydrogens is 783 g/mol. The molecule has 3 aliphatic heterocycles. The number of hydrogen-bond donors (Lipinski definition) is 4. The molecule has 1 aromatic carbocycles. The van der Waals surface area contributed by atoms with Crippen LogP contribution in [0.2, 0.25) is 0 Å². The summed E-state index contributed by atoms with van der Waals surface area (Å²) in [7, 11) is 1.95. The fourth-order valence-electron chi connectivity index (χ4n) is 6.14. The standard InChI is InChI=1S/C34H36F2N8O10S2/c1-34(2,32(51)52)54-40-23(20-15-56-33(37)38-20)27(46)39-24-28(47)44-25(30(48)49)16(14-55-29(24)44)13-53-31(50)18-12-43(5-4-35)21-11-22(19(36)10-17(21)26(18)45)42-8-6-41(3)7-9-42/h10-12,15,24,29H,4-9,13-14H2,1-3H3,(H2,37,38)(H,39,46)(H,48,49)(H,51,52)/b40-23-/t24-,29-/m1/s1. The highest BCUT2D eigenvalue weighted by Crippen LogP contribution is 2.40. The molecule has 3 aromatic rings. The van der Waals surface area contributed by atoms with E-state index < -0.39 is 88.2 Å². The Kier molecular flexibility index (Phi) is 11.3. The minimum Gasteiger partial charge on any atom is -0.478 e. The van der Waals surface area contributed by atoms with Crippen LogP contribution in [-0.2, 0) is 35.3 Å². The number of fused-ring (bicyclic) bond motifs is 2. The number of piperazine rings is 1. The molecule has 22 heteroatoms. The van der Waals surface area contributed by atoms with Gasteiger partial charge < -0.3 is 45.2 Å². The van der Waals surface area contributed by atoms with Crippen molar-refractivity contribution in [2.45, 2.75) is 37.4 Å². The number of thioether (sulfide) groups is 1. The van der Waals surface area contributed by atoms with Gasteiger partial charge in [-0.3, -0.25) is 19.3 Å². The molecule has 0 bridgehead atoms. The number of amides is 2. The van der Waals surface area contributed by atoms with E-state index in [0.29, 0.717) is 26.2 Å². The van der Waals surface area contributed by atoms with Crippen molar-refractivity contribution in [1.82, 2.24) is 24.7 Å². The summed E-state index contributed by atoms with van der Waals surface area (Å²) in [6.45, 7) is 3.05. The van der Waals surface area contributed by atoms with E-state index in [9.17, 15) is 43.4 Å². The predicted octanol–water partition coefficient (Wildman–Crippen LogP) is 1.08. The van der Waals surface area contributed by atoms with Gasteiger partial charge in [-0.25, -0.2) is 28.1 Å². The monoisotopic (exact) mass is 818 g/mol. The maximum Gasteiger partial charge on any atom is 0.352 e. The number of esters is 1. The van der Waals surface area contributed by atoms with Crippen molar-refractivity contribution in [3.63, 3.8) is 0 Å². The lowest BCUT2D eigenvalue weighted by molar-refractivity contribution is -0.161. The number of nitrogen functional groups attached to an aromatic ring is 1. The average molecular weight is 819 g/mol. The zero-order valence-electron chi connectivity index (χ0n) is 30.1. The molecule has 5 N–H and O–H groups in total. The maximum absolute atomic E-state index is 15.4. The van der Waals surface area contributed by atoms with E-state index in [-0.39, 0.29) is 45.3 Å². The Morgan fingerprint density at radius 3 is 2.48 bits per heavy atom. The maximum atomic E-state index is 15.4. The lowest BCUT2D eigenvalue weighted by Crippen LogP contribution is -2.71. The molecule has 3 aliphatic rings. The molecule has 2 atom stereocenters. The van der Waals surface area contributed by atoms with E-state index in [1.165, 1.54) is 29.9 Å². The number of carbonyl (C=O) groups is 5. The van der Waals surface area contributed by atoms with Crippen molar-refractivity contribution >= 4 is 80.3 Å². The molecule has 2 fully saturated rings. The van der Waals surface area contributed by atoms with E-state index in [4.69, 9.17) is 15.3 Å².